The van der Waals surface area contributed by atoms with E-state index in [9.17, 15) is 4.79 Å². The Morgan fingerprint density at radius 3 is 2.75 bits per heavy atom. The van der Waals surface area contributed by atoms with E-state index < -0.39 is 5.54 Å². The molecule has 1 heterocycles. The van der Waals surface area contributed by atoms with Gasteiger partial charge in [-0.15, -0.1) is 0 Å². The summed E-state index contributed by atoms with van der Waals surface area (Å²) in [6.45, 7) is 1.99. The fourth-order valence-corrected chi connectivity index (χ4v) is 2.86. The molecule has 1 saturated heterocycles. The van der Waals surface area contributed by atoms with Gasteiger partial charge in [0.1, 0.15) is 0 Å². The molecule has 1 amide bonds. The molecule has 92 valence electrons. The van der Waals surface area contributed by atoms with Crippen molar-refractivity contribution in [3.8, 4) is 0 Å². The van der Waals surface area contributed by atoms with Crippen molar-refractivity contribution in [2.24, 2.45) is 11.5 Å². The summed E-state index contributed by atoms with van der Waals surface area (Å²) < 4.78 is 5.34. The summed E-state index contributed by atoms with van der Waals surface area (Å²) in [4.78, 5) is 13.6. The van der Waals surface area contributed by atoms with Crippen LogP contribution >= 0.6 is 0 Å². The highest BCUT2D eigenvalue weighted by Crippen LogP contribution is 2.33. The fourth-order valence-electron chi connectivity index (χ4n) is 2.86. The second-order valence-electron chi connectivity index (χ2n) is 5.06. The molecule has 1 saturated carbocycles. The molecular formula is C11H21N3O2. The van der Waals surface area contributed by atoms with Gasteiger partial charge in [0.25, 0.3) is 0 Å². The highest BCUT2D eigenvalue weighted by atomic mass is 16.5. The lowest BCUT2D eigenvalue weighted by molar-refractivity contribution is -0.123. The maximum Gasteiger partial charge on any atom is 0.237 e. The zero-order valence-electron chi connectivity index (χ0n) is 9.82. The van der Waals surface area contributed by atoms with Crippen LogP contribution in [0.1, 0.15) is 25.7 Å². The van der Waals surface area contributed by atoms with E-state index in [1.807, 2.05) is 0 Å². The molecule has 16 heavy (non-hydrogen) atoms. The fraction of sp³-hybridized carbons (Fsp3) is 0.909. The van der Waals surface area contributed by atoms with E-state index in [1.165, 1.54) is 0 Å². The topological polar surface area (TPSA) is 81.6 Å². The lowest BCUT2D eigenvalue weighted by Crippen LogP contribution is -2.51. The highest BCUT2D eigenvalue weighted by molar-refractivity contribution is 5.84. The quantitative estimate of drug-likeness (QED) is 0.677. The Bertz CT molecular complexity index is 284. The molecule has 2 aliphatic rings. The number of nitrogens with zero attached hydrogens (tertiary/aromatic N) is 1. The third kappa shape index (κ3) is 2.07. The molecule has 0 radical (unpaired) electrons. The average molecular weight is 227 g/mol. The third-order valence-corrected chi connectivity index (χ3v) is 4.04. The molecule has 1 aliphatic carbocycles. The summed E-state index contributed by atoms with van der Waals surface area (Å²) in [5, 5.41) is 0. The van der Waals surface area contributed by atoms with Crippen molar-refractivity contribution in [3.05, 3.63) is 0 Å². The first-order valence-electron chi connectivity index (χ1n) is 5.91. The summed E-state index contributed by atoms with van der Waals surface area (Å²) in [7, 11) is 1.75. The van der Waals surface area contributed by atoms with Gasteiger partial charge in [-0.1, -0.05) is 0 Å². The number of amides is 1. The van der Waals surface area contributed by atoms with E-state index >= 15 is 0 Å². The molecule has 2 fully saturated rings. The summed E-state index contributed by atoms with van der Waals surface area (Å²) in [6, 6.07) is 0.401. The van der Waals surface area contributed by atoms with Crippen LogP contribution < -0.4 is 11.5 Å². The lowest BCUT2D eigenvalue weighted by atomic mass is 9.98. The Morgan fingerprint density at radius 2 is 2.25 bits per heavy atom. The Kier molecular flexibility index (Phi) is 3.19. The molecular weight excluding hydrogens is 206 g/mol. The largest absolute Gasteiger partial charge is 0.380 e. The van der Waals surface area contributed by atoms with Crippen LogP contribution in [0.25, 0.3) is 0 Å². The van der Waals surface area contributed by atoms with Gasteiger partial charge >= 0.3 is 0 Å². The molecule has 3 atom stereocenters. The Labute approximate surface area is 96.1 Å². The first kappa shape index (κ1) is 11.8. The van der Waals surface area contributed by atoms with Gasteiger partial charge < -0.3 is 16.2 Å². The summed E-state index contributed by atoms with van der Waals surface area (Å²) in [5.41, 5.74) is 10.6. The van der Waals surface area contributed by atoms with Crippen LogP contribution in [0.5, 0.6) is 0 Å². The zero-order valence-corrected chi connectivity index (χ0v) is 9.82. The number of rotatable bonds is 3. The number of hydrogen-bond donors (Lipinski definition) is 2. The number of primary amides is 1. The van der Waals surface area contributed by atoms with Crippen molar-refractivity contribution in [2.75, 3.05) is 20.2 Å². The van der Waals surface area contributed by atoms with Crippen molar-refractivity contribution < 1.29 is 9.53 Å². The monoisotopic (exact) mass is 227 g/mol. The van der Waals surface area contributed by atoms with E-state index in [-0.39, 0.29) is 5.91 Å². The van der Waals surface area contributed by atoms with Crippen molar-refractivity contribution in [1.82, 2.24) is 4.90 Å². The zero-order chi connectivity index (χ0) is 11.8. The average Bonchev–Trinajstić information content (AvgIpc) is 2.84. The molecule has 0 aromatic heterocycles. The van der Waals surface area contributed by atoms with Crippen molar-refractivity contribution in [3.63, 3.8) is 0 Å². The van der Waals surface area contributed by atoms with Crippen LogP contribution in [0.2, 0.25) is 0 Å². The van der Waals surface area contributed by atoms with E-state index in [0.29, 0.717) is 25.0 Å². The van der Waals surface area contributed by atoms with E-state index in [2.05, 4.69) is 4.90 Å². The minimum Gasteiger partial charge on any atom is -0.380 e. The SMILES string of the molecule is COC1CCN(C2CCC(N)(C(N)=O)C2)C1. The third-order valence-electron chi connectivity index (χ3n) is 4.04. The summed E-state index contributed by atoms with van der Waals surface area (Å²) in [6.07, 6.45) is 3.78. The first-order chi connectivity index (χ1) is 7.55. The summed E-state index contributed by atoms with van der Waals surface area (Å²) >= 11 is 0. The van der Waals surface area contributed by atoms with Gasteiger partial charge in [-0.3, -0.25) is 9.69 Å². The molecule has 5 nitrogen and oxygen atoms in total. The van der Waals surface area contributed by atoms with Crippen LogP contribution in [0.3, 0.4) is 0 Å². The van der Waals surface area contributed by atoms with Gasteiger partial charge in [0.05, 0.1) is 11.6 Å². The van der Waals surface area contributed by atoms with E-state index in [1.54, 1.807) is 7.11 Å². The second-order valence-corrected chi connectivity index (χ2v) is 5.06. The van der Waals surface area contributed by atoms with Gasteiger partial charge in [0.15, 0.2) is 0 Å². The van der Waals surface area contributed by atoms with E-state index in [0.717, 1.165) is 25.9 Å². The molecule has 0 aromatic carbocycles. The van der Waals surface area contributed by atoms with Gasteiger partial charge in [-0.25, -0.2) is 0 Å². The maximum absolute atomic E-state index is 11.3. The predicted octanol–water partition coefficient (Wildman–Crippen LogP) is -0.558. The second kappa shape index (κ2) is 4.31. The van der Waals surface area contributed by atoms with Gasteiger partial charge in [0, 0.05) is 26.2 Å². The Morgan fingerprint density at radius 1 is 1.50 bits per heavy atom. The molecule has 4 N–H and O–H groups in total. The molecule has 1 aliphatic heterocycles. The maximum atomic E-state index is 11.3. The number of hydrogen-bond acceptors (Lipinski definition) is 4. The summed E-state index contributed by atoms with van der Waals surface area (Å²) in [5.74, 6) is -0.363. The van der Waals surface area contributed by atoms with Crippen LogP contribution in [-0.4, -0.2) is 48.7 Å². The van der Waals surface area contributed by atoms with Gasteiger partial charge in [-0.05, 0) is 25.7 Å². The number of carbonyl (C=O) groups is 1. The Balaban J connectivity index is 1.92. The molecule has 3 unspecified atom stereocenters. The first-order valence-corrected chi connectivity index (χ1v) is 5.91. The predicted molar refractivity (Wildman–Crippen MR) is 60.7 cm³/mol. The number of likely N-dealkylation sites (tertiary alicyclic amines) is 1. The van der Waals surface area contributed by atoms with Gasteiger partial charge in [-0.2, -0.15) is 0 Å². The Hall–Kier alpha value is -0.650. The minimum absolute atomic E-state index is 0.335. The molecule has 0 bridgehead atoms. The van der Waals surface area contributed by atoms with Crippen LogP contribution in [0.4, 0.5) is 0 Å². The van der Waals surface area contributed by atoms with Gasteiger partial charge in [0.2, 0.25) is 5.91 Å². The number of carbonyl (C=O) groups excluding carboxylic acids is 1. The van der Waals surface area contributed by atoms with Crippen molar-refractivity contribution >= 4 is 5.91 Å². The number of methoxy groups -OCH3 is 1. The minimum atomic E-state index is -0.782. The lowest BCUT2D eigenvalue weighted by Gasteiger charge is -2.25. The van der Waals surface area contributed by atoms with Crippen LogP contribution in [0, 0.1) is 0 Å². The van der Waals surface area contributed by atoms with Crippen LogP contribution in [0.15, 0.2) is 0 Å². The highest BCUT2D eigenvalue weighted by Gasteiger charge is 2.43. The molecule has 2 rings (SSSR count). The normalized spacial score (nSPS) is 40.4. The van der Waals surface area contributed by atoms with E-state index in [4.69, 9.17) is 16.2 Å². The molecule has 0 aromatic rings. The molecule has 0 spiro atoms. The van der Waals surface area contributed by atoms with Crippen molar-refractivity contribution in [1.29, 1.82) is 0 Å². The van der Waals surface area contributed by atoms with Crippen LogP contribution in [-0.2, 0) is 9.53 Å². The number of ether oxygens (including phenoxy) is 1. The smallest absolute Gasteiger partial charge is 0.237 e. The number of nitrogens with two attached hydrogens (primary N) is 2. The van der Waals surface area contributed by atoms with Crippen molar-refractivity contribution in [2.45, 2.75) is 43.4 Å². The molecule has 5 heteroatoms. The standard InChI is InChI=1S/C11H21N3O2/c1-16-9-3-5-14(7-9)8-2-4-11(13,6-8)10(12)15/h8-9H,2-7,13H2,1H3,(H2,12,15).